The van der Waals surface area contributed by atoms with Crippen molar-refractivity contribution >= 4 is 17.7 Å². The summed E-state index contributed by atoms with van der Waals surface area (Å²) in [6.45, 7) is 6.70. The summed E-state index contributed by atoms with van der Waals surface area (Å²) in [5.74, 6) is 0. The smallest absolute Gasteiger partial charge is 0.0444 e. The van der Waals surface area contributed by atoms with Crippen LogP contribution in [0.5, 0.6) is 0 Å². The van der Waals surface area contributed by atoms with E-state index in [1.165, 1.54) is 34.7 Å². The molecule has 0 saturated carbocycles. The van der Waals surface area contributed by atoms with Gasteiger partial charge in [-0.3, -0.25) is 0 Å². The summed E-state index contributed by atoms with van der Waals surface area (Å²) in [6.07, 6.45) is 10.4. The molecule has 1 heteroatoms. The number of rotatable bonds is 2. The van der Waals surface area contributed by atoms with E-state index in [1.807, 2.05) is 0 Å². The first kappa shape index (κ1) is 11.3. The van der Waals surface area contributed by atoms with Crippen LogP contribution in [-0.4, -0.2) is 4.57 Å². The Morgan fingerprint density at radius 2 is 2.12 bits per heavy atom. The van der Waals surface area contributed by atoms with E-state index in [4.69, 9.17) is 0 Å². The molecular formula is C15H21N. The third-order valence-electron chi connectivity index (χ3n) is 3.53. The van der Waals surface area contributed by atoms with Crippen molar-refractivity contribution in [2.75, 3.05) is 0 Å². The SMILES string of the molecule is CC/C=C\c1c(C)c2c(n1C)=CCCC=2C. The van der Waals surface area contributed by atoms with Gasteiger partial charge >= 0.3 is 0 Å². The molecule has 1 aliphatic carbocycles. The molecule has 0 unspecified atom stereocenters. The molecular weight excluding hydrogens is 194 g/mol. The van der Waals surface area contributed by atoms with Crippen LogP contribution in [0.15, 0.2) is 6.08 Å². The van der Waals surface area contributed by atoms with Crippen molar-refractivity contribution < 1.29 is 0 Å². The molecule has 2 rings (SSSR count). The molecule has 0 aromatic carbocycles. The summed E-state index contributed by atoms with van der Waals surface area (Å²) in [7, 11) is 2.18. The predicted octanol–water partition coefficient (Wildman–Crippen LogP) is 2.50. The molecule has 0 spiro atoms. The van der Waals surface area contributed by atoms with E-state index in [-0.39, 0.29) is 0 Å². The minimum atomic E-state index is 1.10. The highest BCUT2D eigenvalue weighted by molar-refractivity contribution is 5.58. The maximum absolute atomic E-state index is 2.37. The van der Waals surface area contributed by atoms with Crippen LogP contribution >= 0.6 is 0 Å². The Balaban J connectivity index is 2.77. The number of hydrogen-bond acceptors (Lipinski definition) is 0. The van der Waals surface area contributed by atoms with Gasteiger partial charge in [0.1, 0.15) is 0 Å². The summed E-state index contributed by atoms with van der Waals surface area (Å²) in [5, 5.41) is 2.90. The summed E-state index contributed by atoms with van der Waals surface area (Å²) in [4.78, 5) is 0. The lowest BCUT2D eigenvalue weighted by atomic mass is 10.0. The highest BCUT2D eigenvalue weighted by atomic mass is 14.9. The fourth-order valence-electron chi connectivity index (χ4n) is 2.66. The van der Waals surface area contributed by atoms with Crippen molar-refractivity contribution in [1.82, 2.24) is 4.57 Å². The molecule has 1 aromatic heterocycles. The third-order valence-corrected chi connectivity index (χ3v) is 3.53. The zero-order valence-corrected chi connectivity index (χ0v) is 10.8. The number of fused-ring (bicyclic) bond motifs is 1. The normalized spacial score (nSPS) is 15.4. The fraction of sp³-hybridized carbons (Fsp3) is 0.467. The maximum Gasteiger partial charge on any atom is 0.0444 e. The van der Waals surface area contributed by atoms with Gasteiger partial charge in [-0.05, 0) is 44.7 Å². The van der Waals surface area contributed by atoms with Gasteiger partial charge in [0.2, 0.25) is 0 Å². The van der Waals surface area contributed by atoms with E-state index in [2.05, 4.69) is 50.6 Å². The van der Waals surface area contributed by atoms with Crippen LogP contribution < -0.4 is 10.6 Å². The van der Waals surface area contributed by atoms with Crippen molar-refractivity contribution in [3.8, 4) is 0 Å². The van der Waals surface area contributed by atoms with E-state index in [0.717, 1.165) is 6.42 Å². The zero-order valence-electron chi connectivity index (χ0n) is 10.8. The van der Waals surface area contributed by atoms with E-state index in [1.54, 1.807) is 5.57 Å². The Morgan fingerprint density at radius 3 is 2.75 bits per heavy atom. The largest absolute Gasteiger partial charge is 0.344 e. The standard InChI is InChI=1S/C15H21N/c1-5-6-9-13-12(3)15-11(2)8-7-10-14(15)16(13)4/h6,9-10H,5,7-8H2,1-4H3/b9-6-. The topological polar surface area (TPSA) is 4.93 Å². The van der Waals surface area contributed by atoms with E-state index >= 15 is 0 Å². The Bertz CT molecular complexity index is 541. The van der Waals surface area contributed by atoms with Gasteiger partial charge in [0.25, 0.3) is 0 Å². The number of hydrogen-bond donors (Lipinski definition) is 0. The van der Waals surface area contributed by atoms with Crippen LogP contribution in [-0.2, 0) is 7.05 Å². The first-order chi connectivity index (χ1) is 7.66. The Labute approximate surface area is 97.8 Å². The summed E-state index contributed by atoms with van der Waals surface area (Å²) >= 11 is 0. The third kappa shape index (κ3) is 1.64. The lowest BCUT2D eigenvalue weighted by Gasteiger charge is -2.03. The zero-order chi connectivity index (χ0) is 11.7. The second kappa shape index (κ2) is 4.32. The molecule has 0 atom stereocenters. The number of aromatic nitrogens is 1. The van der Waals surface area contributed by atoms with Crippen LogP contribution in [0.4, 0.5) is 0 Å². The highest BCUT2D eigenvalue weighted by Crippen LogP contribution is 2.11. The summed E-state index contributed by atoms with van der Waals surface area (Å²) in [5.41, 5.74) is 4.35. The van der Waals surface area contributed by atoms with Crippen LogP contribution in [0.2, 0.25) is 0 Å². The Kier molecular flexibility index (Phi) is 3.04. The van der Waals surface area contributed by atoms with E-state index in [0.29, 0.717) is 0 Å². The number of allylic oxidation sites excluding steroid dienone is 1. The van der Waals surface area contributed by atoms with Gasteiger partial charge in [0, 0.05) is 23.3 Å². The first-order valence-corrected chi connectivity index (χ1v) is 6.18. The van der Waals surface area contributed by atoms with Gasteiger partial charge < -0.3 is 4.57 Å². The molecule has 0 fully saturated rings. The van der Waals surface area contributed by atoms with Crippen LogP contribution in [0.25, 0.3) is 17.7 Å². The molecule has 1 nitrogen and oxygen atoms in total. The van der Waals surface area contributed by atoms with Gasteiger partial charge in [0.05, 0.1) is 0 Å². The van der Waals surface area contributed by atoms with Crippen LogP contribution in [0.1, 0.15) is 44.4 Å². The second-order valence-electron chi connectivity index (χ2n) is 4.66. The quantitative estimate of drug-likeness (QED) is 0.714. The van der Waals surface area contributed by atoms with Crippen molar-refractivity contribution in [2.24, 2.45) is 7.05 Å². The van der Waals surface area contributed by atoms with Crippen molar-refractivity contribution in [2.45, 2.75) is 40.0 Å². The predicted molar refractivity (Wildman–Crippen MR) is 71.5 cm³/mol. The van der Waals surface area contributed by atoms with E-state index in [9.17, 15) is 0 Å². The van der Waals surface area contributed by atoms with Crippen molar-refractivity contribution in [3.63, 3.8) is 0 Å². The first-order valence-electron chi connectivity index (χ1n) is 6.18. The molecule has 0 bridgehead atoms. The lowest BCUT2D eigenvalue weighted by molar-refractivity contribution is 0.862. The molecule has 1 heterocycles. The molecule has 0 N–H and O–H groups in total. The summed E-state index contributed by atoms with van der Waals surface area (Å²) < 4.78 is 2.33. The lowest BCUT2D eigenvalue weighted by Crippen LogP contribution is -2.32. The van der Waals surface area contributed by atoms with Crippen LogP contribution in [0, 0.1) is 6.92 Å². The highest BCUT2D eigenvalue weighted by Gasteiger charge is 2.10. The minimum Gasteiger partial charge on any atom is -0.344 e. The molecule has 0 saturated heterocycles. The van der Waals surface area contributed by atoms with Crippen LogP contribution in [0.3, 0.4) is 0 Å². The number of nitrogens with zero attached hydrogens (tertiary/aromatic N) is 1. The fourth-order valence-corrected chi connectivity index (χ4v) is 2.66. The average Bonchev–Trinajstić information content (AvgIpc) is 2.51. The molecule has 16 heavy (non-hydrogen) atoms. The minimum absolute atomic E-state index is 1.10. The van der Waals surface area contributed by atoms with Crippen molar-refractivity contribution in [3.05, 3.63) is 27.9 Å². The van der Waals surface area contributed by atoms with Gasteiger partial charge in [-0.1, -0.05) is 24.6 Å². The molecule has 1 aliphatic rings. The average molecular weight is 215 g/mol. The Morgan fingerprint density at radius 1 is 1.38 bits per heavy atom. The van der Waals surface area contributed by atoms with E-state index < -0.39 is 0 Å². The molecule has 0 amide bonds. The molecule has 0 radical (unpaired) electrons. The molecule has 0 aliphatic heterocycles. The monoisotopic (exact) mass is 215 g/mol. The van der Waals surface area contributed by atoms with Gasteiger partial charge in [0.15, 0.2) is 0 Å². The summed E-state index contributed by atoms with van der Waals surface area (Å²) in [6, 6.07) is 0. The van der Waals surface area contributed by atoms with Gasteiger partial charge in [-0.25, -0.2) is 0 Å². The molecule has 1 aromatic rings. The van der Waals surface area contributed by atoms with Gasteiger partial charge in [-0.15, -0.1) is 0 Å². The molecule has 86 valence electrons. The van der Waals surface area contributed by atoms with Crippen molar-refractivity contribution in [1.29, 1.82) is 0 Å². The second-order valence-corrected chi connectivity index (χ2v) is 4.66. The Hall–Kier alpha value is -1.24. The maximum atomic E-state index is 2.37. The van der Waals surface area contributed by atoms with Gasteiger partial charge in [-0.2, -0.15) is 0 Å².